The van der Waals surface area contributed by atoms with Gasteiger partial charge in [-0.3, -0.25) is 28.6 Å². The second-order valence-electron chi connectivity index (χ2n) is 14.4. The van der Waals surface area contributed by atoms with Gasteiger partial charge in [0.25, 0.3) is 11.8 Å². The first-order valence-electron chi connectivity index (χ1n) is 17.9. The number of alkyl halides is 3. The molecule has 294 valence electrons. The molecule has 4 heterocycles. The Labute approximate surface area is 312 Å². The smallest absolute Gasteiger partial charge is 0.438 e. The van der Waals surface area contributed by atoms with Crippen molar-refractivity contribution in [2.75, 3.05) is 6.54 Å². The van der Waals surface area contributed by atoms with E-state index in [1.807, 2.05) is 6.08 Å². The Bertz CT molecular complexity index is 2180. The molecule has 4 aliphatic rings. The van der Waals surface area contributed by atoms with E-state index in [0.717, 1.165) is 23.1 Å². The molecule has 2 aliphatic carbocycles. The summed E-state index contributed by atoms with van der Waals surface area (Å²) < 4.78 is 91.6. The highest BCUT2D eigenvalue weighted by Gasteiger charge is 2.62. The molecule has 1 aromatic carbocycles. The summed E-state index contributed by atoms with van der Waals surface area (Å²) >= 11 is 0. The molecule has 0 spiro atoms. The van der Waals surface area contributed by atoms with E-state index in [1.165, 1.54) is 16.9 Å². The van der Waals surface area contributed by atoms with Gasteiger partial charge in [0.05, 0.1) is 22.8 Å². The Hall–Kier alpha value is -5.14. The summed E-state index contributed by atoms with van der Waals surface area (Å²) in [6, 6.07) is 1.65. The Kier molecular flexibility index (Phi) is 10.1. The fourth-order valence-corrected chi connectivity index (χ4v) is 8.42. The Balaban J connectivity index is 1.22. The summed E-state index contributed by atoms with van der Waals surface area (Å²) in [7, 11) is -2.40. The van der Waals surface area contributed by atoms with Crippen molar-refractivity contribution in [3.8, 4) is 5.88 Å². The second kappa shape index (κ2) is 14.5. The van der Waals surface area contributed by atoms with Gasteiger partial charge in [0, 0.05) is 31.6 Å². The quantitative estimate of drug-likeness (QED) is 0.237. The van der Waals surface area contributed by atoms with Crippen molar-refractivity contribution in [1.29, 1.82) is 0 Å². The van der Waals surface area contributed by atoms with E-state index in [4.69, 9.17) is 4.74 Å². The number of benzene rings is 1. The number of aromatic nitrogens is 4. The molecule has 3 N–H and O–H groups in total. The monoisotopic (exact) mass is 790 g/mol. The molecule has 4 amide bonds. The first kappa shape index (κ1) is 38.1. The first-order chi connectivity index (χ1) is 26.0. The van der Waals surface area contributed by atoms with Crippen LogP contribution >= 0.6 is 0 Å². The van der Waals surface area contributed by atoms with Gasteiger partial charge in [0.2, 0.25) is 33.4 Å². The van der Waals surface area contributed by atoms with E-state index in [0.29, 0.717) is 38.5 Å². The number of nitrogens with zero attached hydrogens (tertiary/aromatic N) is 5. The molecule has 1 saturated heterocycles. The van der Waals surface area contributed by atoms with E-state index in [1.54, 1.807) is 13.1 Å². The van der Waals surface area contributed by atoms with E-state index in [9.17, 15) is 45.2 Å². The second-order valence-corrected chi connectivity index (χ2v) is 16.4. The molecule has 0 bridgehead atoms. The van der Waals surface area contributed by atoms with Crippen LogP contribution < -0.4 is 20.1 Å². The summed E-state index contributed by atoms with van der Waals surface area (Å²) in [6.45, 7) is -0.453. The number of ether oxygens (including phenoxy) is 1. The van der Waals surface area contributed by atoms with Gasteiger partial charge in [0.15, 0.2) is 0 Å². The molecule has 15 nitrogen and oxygen atoms in total. The Morgan fingerprint density at radius 3 is 2.55 bits per heavy atom. The minimum atomic E-state index is -5.06. The fraction of sp³-hybridized carbons (Fsp3) is 0.514. The summed E-state index contributed by atoms with van der Waals surface area (Å²) in [6.07, 6.45) is 1.73. The highest BCUT2D eigenvalue weighted by atomic mass is 32.2. The number of halogens is 4. The lowest BCUT2D eigenvalue weighted by atomic mass is 10.0. The topological polar surface area (TPSA) is 195 Å². The lowest BCUT2D eigenvalue weighted by Gasteiger charge is -2.29. The maximum atomic E-state index is 14.4. The zero-order valence-electron chi connectivity index (χ0n) is 29.5. The van der Waals surface area contributed by atoms with Crippen LogP contribution in [0.2, 0.25) is 0 Å². The van der Waals surface area contributed by atoms with Crippen LogP contribution in [0.5, 0.6) is 5.88 Å². The Morgan fingerprint density at radius 2 is 1.84 bits per heavy atom. The molecule has 2 aliphatic heterocycles. The van der Waals surface area contributed by atoms with Crippen LogP contribution in [-0.4, -0.2) is 92.2 Å². The Morgan fingerprint density at radius 1 is 1.05 bits per heavy atom. The van der Waals surface area contributed by atoms with Crippen LogP contribution in [-0.2, 0) is 37.6 Å². The van der Waals surface area contributed by atoms with Crippen LogP contribution in [0.15, 0.2) is 42.6 Å². The van der Waals surface area contributed by atoms with Crippen molar-refractivity contribution < 1.29 is 49.9 Å². The van der Waals surface area contributed by atoms with Gasteiger partial charge >= 0.3 is 6.18 Å². The maximum Gasteiger partial charge on any atom is 0.438 e. The minimum Gasteiger partial charge on any atom is -0.471 e. The molecule has 2 saturated carbocycles. The molecule has 3 aromatic rings. The third-order valence-corrected chi connectivity index (χ3v) is 12.1. The highest BCUT2D eigenvalue weighted by molar-refractivity contribution is 7.91. The highest BCUT2D eigenvalue weighted by Crippen LogP contribution is 2.46. The van der Waals surface area contributed by atoms with E-state index in [-0.39, 0.29) is 29.6 Å². The van der Waals surface area contributed by atoms with Crippen molar-refractivity contribution in [1.82, 2.24) is 40.0 Å². The molecule has 0 radical (unpaired) electrons. The molecule has 20 heteroatoms. The summed E-state index contributed by atoms with van der Waals surface area (Å²) in [4.78, 5) is 64.2. The number of allylic oxidation sites excluding steroid dienone is 1. The number of rotatable bonds is 7. The number of amides is 4. The van der Waals surface area contributed by atoms with Crippen molar-refractivity contribution in [3.63, 3.8) is 0 Å². The number of aryl methyl sites for hydroxylation is 1. The number of nitrogens with one attached hydrogen (secondary N) is 3. The SMILES string of the molecule is Cn1ccc(C(=O)NC2CCCCC/C=C\C3CC3(C(=O)NS(=O)(=O)C3CC3)NC(=O)C3CC(Oc4nc5cc(F)ccc5nc4C(F)(F)F)CN3C2=O)n1. The first-order valence-corrected chi connectivity index (χ1v) is 19.5. The number of sulfonamides is 1. The number of carbonyl (C=O) groups excluding carboxylic acids is 4. The molecular formula is C35H38F4N8O7S. The average molecular weight is 791 g/mol. The zero-order chi connectivity index (χ0) is 39.3. The van der Waals surface area contributed by atoms with Crippen LogP contribution in [0.1, 0.15) is 74.0 Å². The fourth-order valence-electron chi connectivity index (χ4n) is 7.05. The molecule has 7 rings (SSSR count). The van der Waals surface area contributed by atoms with E-state index < -0.39 is 105 Å². The van der Waals surface area contributed by atoms with Crippen LogP contribution in [0.4, 0.5) is 17.6 Å². The van der Waals surface area contributed by atoms with Gasteiger partial charge < -0.3 is 20.3 Å². The predicted molar refractivity (Wildman–Crippen MR) is 185 cm³/mol. The van der Waals surface area contributed by atoms with Crippen molar-refractivity contribution in [2.45, 2.75) is 92.9 Å². The molecule has 5 unspecified atom stereocenters. The lowest BCUT2D eigenvalue weighted by Crippen LogP contribution is -2.58. The van der Waals surface area contributed by atoms with Gasteiger partial charge in [0.1, 0.15) is 35.2 Å². The van der Waals surface area contributed by atoms with Crippen LogP contribution in [0, 0.1) is 11.7 Å². The molecule has 5 atom stereocenters. The third-order valence-electron chi connectivity index (χ3n) is 10.2. The van der Waals surface area contributed by atoms with Gasteiger partial charge in [-0.25, -0.2) is 22.8 Å². The van der Waals surface area contributed by atoms with Gasteiger partial charge in [-0.2, -0.15) is 18.3 Å². The summed E-state index contributed by atoms with van der Waals surface area (Å²) in [5, 5.41) is 8.73. The minimum absolute atomic E-state index is 0.0214. The zero-order valence-corrected chi connectivity index (χ0v) is 30.3. The molecule has 55 heavy (non-hydrogen) atoms. The molecule has 2 aromatic heterocycles. The van der Waals surface area contributed by atoms with Crippen LogP contribution in [0.25, 0.3) is 11.0 Å². The number of fused-ring (bicyclic) bond motifs is 3. The summed E-state index contributed by atoms with van der Waals surface area (Å²) in [5.41, 5.74) is -3.65. The molecule has 3 fully saturated rings. The maximum absolute atomic E-state index is 14.4. The average Bonchev–Trinajstić information content (AvgIpc) is 4.01. The lowest BCUT2D eigenvalue weighted by molar-refractivity contribution is -0.143. The normalized spacial score (nSPS) is 26.9. The predicted octanol–water partition coefficient (Wildman–Crippen LogP) is 2.67. The molecular weight excluding hydrogens is 752 g/mol. The van der Waals surface area contributed by atoms with Gasteiger partial charge in [-0.1, -0.05) is 25.0 Å². The number of hydrogen-bond donors (Lipinski definition) is 3. The number of hydrogen-bond acceptors (Lipinski definition) is 10. The van der Waals surface area contributed by atoms with E-state index in [2.05, 4.69) is 30.4 Å². The van der Waals surface area contributed by atoms with E-state index >= 15 is 0 Å². The van der Waals surface area contributed by atoms with Crippen molar-refractivity contribution in [3.05, 3.63) is 59.8 Å². The van der Waals surface area contributed by atoms with Crippen molar-refractivity contribution in [2.24, 2.45) is 13.0 Å². The largest absolute Gasteiger partial charge is 0.471 e. The standard InChI is InChI=1S/C35H38F4N8O7S/c1-46-14-13-24(44-46)29(48)41-25-8-6-4-2-3-5-7-19-17-34(19,33(51)45-55(52,53)22-10-11-22)43-30(49)27-16-21(18-47(27)32(25)50)54-31-28(35(37,38)39)40-23-12-9-20(36)15-26(23)42-31/h5,7,9,12-15,19,21-22,25,27H,2-4,6,8,10-11,16-18H2,1H3,(H,41,48)(H,43,49)(H,45,51)/b7-5-. The number of carbonyl (C=O) groups is 4. The van der Waals surface area contributed by atoms with Crippen molar-refractivity contribution >= 4 is 44.7 Å². The van der Waals surface area contributed by atoms with Gasteiger partial charge in [-0.15, -0.1) is 0 Å². The third kappa shape index (κ3) is 8.13. The summed E-state index contributed by atoms with van der Waals surface area (Å²) in [5.74, 6) is -5.60. The van der Waals surface area contributed by atoms with Gasteiger partial charge in [-0.05, 0) is 56.7 Å². The van der Waals surface area contributed by atoms with Crippen LogP contribution in [0.3, 0.4) is 0 Å².